The van der Waals surface area contributed by atoms with Crippen molar-refractivity contribution in [3.05, 3.63) is 17.5 Å². The Balaban J connectivity index is 2.16. The van der Waals surface area contributed by atoms with E-state index in [0.717, 1.165) is 18.9 Å². The summed E-state index contributed by atoms with van der Waals surface area (Å²) in [6.07, 6.45) is 3.32. The van der Waals surface area contributed by atoms with Gasteiger partial charge in [0.2, 0.25) is 0 Å². The summed E-state index contributed by atoms with van der Waals surface area (Å²) in [5.74, 6) is 0.864. The summed E-state index contributed by atoms with van der Waals surface area (Å²) in [5, 5.41) is 3.92. The van der Waals surface area contributed by atoms with Gasteiger partial charge in [0.05, 0.1) is 12.4 Å². The average molecular weight is 227 g/mol. The number of anilines is 1. The molecule has 0 aromatic carbocycles. The molecule has 0 aliphatic carbocycles. The SMILES string of the molecule is CC1CN(c2cncc(Cl)n2)CC(C)N1. The lowest BCUT2D eigenvalue weighted by Crippen LogP contribution is -2.54. The highest BCUT2D eigenvalue weighted by atomic mass is 35.5. The van der Waals surface area contributed by atoms with E-state index in [4.69, 9.17) is 11.6 Å². The van der Waals surface area contributed by atoms with Gasteiger partial charge in [0.25, 0.3) is 0 Å². The summed E-state index contributed by atoms with van der Waals surface area (Å²) in [4.78, 5) is 10.5. The highest BCUT2D eigenvalue weighted by Crippen LogP contribution is 2.15. The molecule has 0 radical (unpaired) electrons. The van der Waals surface area contributed by atoms with Crippen LogP contribution in [0.25, 0.3) is 0 Å². The van der Waals surface area contributed by atoms with Gasteiger partial charge in [0.1, 0.15) is 11.0 Å². The number of piperazine rings is 1. The first kappa shape index (κ1) is 10.6. The summed E-state index contributed by atoms with van der Waals surface area (Å²) in [6, 6.07) is 0.934. The second kappa shape index (κ2) is 4.33. The minimum Gasteiger partial charge on any atom is -0.352 e. The Kier molecular flexibility index (Phi) is 3.07. The molecule has 1 aromatic heterocycles. The molecular weight excluding hydrogens is 212 g/mol. The average Bonchev–Trinajstić information content (AvgIpc) is 2.16. The summed E-state index contributed by atoms with van der Waals surface area (Å²) >= 11 is 5.82. The lowest BCUT2D eigenvalue weighted by Gasteiger charge is -2.36. The normalized spacial score (nSPS) is 26.7. The second-order valence-electron chi connectivity index (χ2n) is 4.07. The van der Waals surface area contributed by atoms with Gasteiger partial charge in [0, 0.05) is 25.2 Å². The first-order chi connectivity index (χ1) is 7.15. The molecule has 1 saturated heterocycles. The molecule has 1 aliphatic rings. The van der Waals surface area contributed by atoms with E-state index in [2.05, 4.69) is 34.0 Å². The van der Waals surface area contributed by atoms with Crippen LogP contribution < -0.4 is 10.2 Å². The Labute approximate surface area is 94.7 Å². The van der Waals surface area contributed by atoms with Crippen molar-refractivity contribution in [2.75, 3.05) is 18.0 Å². The topological polar surface area (TPSA) is 41.1 Å². The van der Waals surface area contributed by atoms with Crippen LogP contribution >= 0.6 is 11.6 Å². The number of rotatable bonds is 1. The molecule has 2 atom stereocenters. The quantitative estimate of drug-likeness (QED) is 0.784. The lowest BCUT2D eigenvalue weighted by molar-refractivity contribution is 0.405. The van der Waals surface area contributed by atoms with Gasteiger partial charge in [-0.15, -0.1) is 0 Å². The minimum absolute atomic E-state index is 0.450. The van der Waals surface area contributed by atoms with E-state index in [0.29, 0.717) is 17.2 Å². The van der Waals surface area contributed by atoms with Crippen LogP contribution in [0, 0.1) is 0 Å². The van der Waals surface area contributed by atoms with Gasteiger partial charge in [-0.25, -0.2) is 4.98 Å². The predicted molar refractivity (Wildman–Crippen MR) is 61.3 cm³/mol. The molecule has 2 unspecified atom stereocenters. The molecule has 82 valence electrons. The third kappa shape index (κ3) is 2.58. The largest absolute Gasteiger partial charge is 0.352 e. The first-order valence-electron chi connectivity index (χ1n) is 5.13. The smallest absolute Gasteiger partial charge is 0.149 e. The molecule has 0 spiro atoms. The highest BCUT2D eigenvalue weighted by Gasteiger charge is 2.21. The fourth-order valence-electron chi connectivity index (χ4n) is 2.00. The molecular formula is C10H15ClN4. The van der Waals surface area contributed by atoms with Crippen LogP contribution in [-0.4, -0.2) is 35.1 Å². The van der Waals surface area contributed by atoms with Crippen molar-refractivity contribution in [1.29, 1.82) is 0 Å². The van der Waals surface area contributed by atoms with Crippen LogP contribution in [0.4, 0.5) is 5.82 Å². The van der Waals surface area contributed by atoms with Gasteiger partial charge in [-0.05, 0) is 13.8 Å². The molecule has 1 fully saturated rings. The summed E-state index contributed by atoms with van der Waals surface area (Å²) in [7, 11) is 0. The Morgan fingerprint density at radius 1 is 1.33 bits per heavy atom. The summed E-state index contributed by atoms with van der Waals surface area (Å²) < 4.78 is 0. The third-order valence-electron chi connectivity index (χ3n) is 2.47. The van der Waals surface area contributed by atoms with Crippen LogP contribution in [0.5, 0.6) is 0 Å². The van der Waals surface area contributed by atoms with E-state index in [1.807, 2.05) is 0 Å². The van der Waals surface area contributed by atoms with E-state index < -0.39 is 0 Å². The molecule has 0 saturated carbocycles. The van der Waals surface area contributed by atoms with Crippen molar-refractivity contribution < 1.29 is 0 Å². The Hall–Kier alpha value is -0.870. The standard InChI is InChI=1S/C10H15ClN4/c1-7-5-15(6-8(2)13-7)10-4-12-3-9(11)14-10/h3-4,7-8,13H,5-6H2,1-2H3. The molecule has 15 heavy (non-hydrogen) atoms. The Bertz CT molecular complexity index is 334. The molecule has 1 aromatic rings. The molecule has 5 heteroatoms. The minimum atomic E-state index is 0.450. The van der Waals surface area contributed by atoms with E-state index in [1.54, 1.807) is 12.4 Å². The Morgan fingerprint density at radius 3 is 2.60 bits per heavy atom. The van der Waals surface area contributed by atoms with Gasteiger partial charge >= 0.3 is 0 Å². The van der Waals surface area contributed by atoms with Crippen LogP contribution in [0.2, 0.25) is 5.15 Å². The molecule has 0 bridgehead atoms. The maximum Gasteiger partial charge on any atom is 0.149 e. The Morgan fingerprint density at radius 2 is 2.00 bits per heavy atom. The molecule has 1 N–H and O–H groups in total. The molecule has 2 heterocycles. The number of hydrogen-bond donors (Lipinski definition) is 1. The maximum atomic E-state index is 5.82. The number of nitrogens with one attached hydrogen (secondary N) is 1. The lowest BCUT2D eigenvalue weighted by atomic mass is 10.1. The zero-order valence-electron chi connectivity index (χ0n) is 8.94. The molecule has 4 nitrogen and oxygen atoms in total. The van der Waals surface area contributed by atoms with Gasteiger partial charge in [-0.1, -0.05) is 11.6 Å². The van der Waals surface area contributed by atoms with Crippen LogP contribution in [0.3, 0.4) is 0 Å². The van der Waals surface area contributed by atoms with Crippen LogP contribution in [-0.2, 0) is 0 Å². The number of halogens is 1. The van der Waals surface area contributed by atoms with Crippen molar-refractivity contribution >= 4 is 17.4 Å². The van der Waals surface area contributed by atoms with Gasteiger partial charge in [-0.2, -0.15) is 0 Å². The van der Waals surface area contributed by atoms with Crippen LogP contribution in [0.15, 0.2) is 12.4 Å². The summed E-state index contributed by atoms with van der Waals surface area (Å²) in [5.41, 5.74) is 0. The predicted octanol–water partition coefficient (Wildman–Crippen LogP) is 1.32. The number of aromatic nitrogens is 2. The third-order valence-corrected chi connectivity index (χ3v) is 2.66. The number of nitrogens with zero attached hydrogens (tertiary/aromatic N) is 3. The monoisotopic (exact) mass is 226 g/mol. The fraction of sp³-hybridized carbons (Fsp3) is 0.600. The van der Waals surface area contributed by atoms with E-state index >= 15 is 0 Å². The summed E-state index contributed by atoms with van der Waals surface area (Å²) in [6.45, 7) is 6.22. The molecule has 0 amide bonds. The number of hydrogen-bond acceptors (Lipinski definition) is 4. The second-order valence-corrected chi connectivity index (χ2v) is 4.46. The fourth-order valence-corrected chi connectivity index (χ4v) is 2.14. The maximum absolute atomic E-state index is 5.82. The first-order valence-corrected chi connectivity index (χ1v) is 5.51. The van der Waals surface area contributed by atoms with Crippen molar-refractivity contribution in [3.63, 3.8) is 0 Å². The van der Waals surface area contributed by atoms with Gasteiger partial charge in [0.15, 0.2) is 0 Å². The zero-order valence-corrected chi connectivity index (χ0v) is 9.70. The molecule has 1 aliphatic heterocycles. The van der Waals surface area contributed by atoms with Crippen LogP contribution in [0.1, 0.15) is 13.8 Å². The molecule has 2 rings (SSSR count). The zero-order chi connectivity index (χ0) is 10.8. The van der Waals surface area contributed by atoms with Gasteiger partial charge in [-0.3, -0.25) is 4.98 Å². The van der Waals surface area contributed by atoms with E-state index in [1.165, 1.54) is 0 Å². The van der Waals surface area contributed by atoms with Gasteiger partial charge < -0.3 is 10.2 Å². The van der Waals surface area contributed by atoms with Crippen molar-refractivity contribution in [2.24, 2.45) is 0 Å². The van der Waals surface area contributed by atoms with Crippen molar-refractivity contribution in [2.45, 2.75) is 25.9 Å². The van der Waals surface area contributed by atoms with E-state index in [9.17, 15) is 0 Å². The highest BCUT2D eigenvalue weighted by molar-refractivity contribution is 6.29. The van der Waals surface area contributed by atoms with Crippen molar-refractivity contribution in [1.82, 2.24) is 15.3 Å². The van der Waals surface area contributed by atoms with Crippen molar-refractivity contribution in [3.8, 4) is 0 Å². The van der Waals surface area contributed by atoms with E-state index in [-0.39, 0.29) is 0 Å².